The molecule has 11 nitrogen and oxygen atoms in total. The first-order valence-corrected chi connectivity index (χ1v) is 15.8. The van der Waals surface area contributed by atoms with E-state index >= 15 is 0 Å². The van der Waals surface area contributed by atoms with Crippen LogP contribution in [-0.2, 0) is 29.0 Å². The molecule has 3 aromatic carbocycles. The van der Waals surface area contributed by atoms with Gasteiger partial charge in [-0.1, -0.05) is 42.5 Å². The lowest BCUT2D eigenvalue weighted by Crippen LogP contribution is -2.63. The molecule has 1 amide bonds. The number of fused-ring (bicyclic) bond motifs is 3. The van der Waals surface area contributed by atoms with Crippen LogP contribution in [0.1, 0.15) is 33.5 Å². The molecule has 250 valence electrons. The molecule has 0 aliphatic heterocycles. The summed E-state index contributed by atoms with van der Waals surface area (Å²) < 4.78 is 5.72. The van der Waals surface area contributed by atoms with Crippen molar-refractivity contribution in [2.24, 2.45) is 17.6 Å². The van der Waals surface area contributed by atoms with E-state index in [0.717, 1.165) is 18.5 Å². The SMILES string of the molecule is COc1ccc(CNCCc2ccccc2)cc1-c1ccc(O)c2c1C[C@H]1C[C@H]3[C@H](N(C)C)C(O)=C(C(N)=O)C(=O)[C@@]3(O)C(O)=C1C2=O. The molecule has 3 aliphatic rings. The first-order valence-electron chi connectivity index (χ1n) is 15.8. The molecule has 0 saturated carbocycles. The van der Waals surface area contributed by atoms with Gasteiger partial charge in [0.2, 0.25) is 5.78 Å². The number of nitrogens with two attached hydrogens (primary N) is 1. The van der Waals surface area contributed by atoms with Crippen molar-refractivity contribution in [3.63, 3.8) is 0 Å². The number of Topliss-reactive ketones (excluding diaryl/α,β-unsaturated/α-hetero) is 2. The summed E-state index contributed by atoms with van der Waals surface area (Å²) in [5.74, 6) is -6.33. The molecular formula is C37H39N3O8. The zero-order valence-corrected chi connectivity index (χ0v) is 27.0. The van der Waals surface area contributed by atoms with Crippen LogP contribution in [0, 0.1) is 11.8 Å². The highest BCUT2D eigenvalue weighted by Crippen LogP contribution is 2.53. The number of aromatic hydroxyl groups is 1. The Bertz CT molecular complexity index is 1880. The Kier molecular flexibility index (Phi) is 8.63. The zero-order valence-electron chi connectivity index (χ0n) is 27.0. The maximum absolute atomic E-state index is 14.2. The molecule has 11 heteroatoms. The number of carbonyl (C=O) groups is 3. The second-order valence-electron chi connectivity index (χ2n) is 12.9. The number of carbonyl (C=O) groups excluding carboxylic acids is 3. The number of nitrogens with zero attached hydrogens (tertiary/aromatic N) is 1. The van der Waals surface area contributed by atoms with Crippen molar-refractivity contribution in [3.05, 3.63) is 106 Å². The molecule has 6 rings (SSSR count). The largest absolute Gasteiger partial charge is 0.510 e. The molecule has 0 heterocycles. The van der Waals surface area contributed by atoms with Gasteiger partial charge in [0.25, 0.3) is 5.91 Å². The smallest absolute Gasteiger partial charge is 0.255 e. The van der Waals surface area contributed by atoms with Gasteiger partial charge in [-0.25, -0.2) is 0 Å². The van der Waals surface area contributed by atoms with Gasteiger partial charge in [0, 0.05) is 23.6 Å². The monoisotopic (exact) mass is 653 g/mol. The Labute approximate surface area is 278 Å². The summed E-state index contributed by atoms with van der Waals surface area (Å²) in [6, 6.07) is 18.0. The number of aliphatic hydroxyl groups excluding tert-OH is 2. The number of rotatable bonds is 9. The van der Waals surface area contributed by atoms with Gasteiger partial charge in [0.1, 0.15) is 28.6 Å². The number of hydrogen-bond acceptors (Lipinski definition) is 10. The maximum atomic E-state index is 14.2. The van der Waals surface area contributed by atoms with Crippen LogP contribution in [0.15, 0.2) is 83.3 Å². The number of phenolic OH excluding ortho intramolecular Hbond substituents is 1. The molecule has 0 radical (unpaired) electrons. The van der Waals surface area contributed by atoms with Crippen molar-refractivity contribution < 1.29 is 39.5 Å². The molecular weight excluding hydrogens is 614 g/mol. The van der Waals surface area contributed by atoms with E-state index in [4.69, 9.17) is 10.5 Å². The van der Waals surface area contributed by atoms with E-state index in [1.165, 1.54) is 16.5 Å². The predicted molar refractivity (Wildman–Crippen MR) is 178 cm³/mol. The maximum Gasteiger partial charge on any atom is 0.255 e. The van der Waals surface area contributed by atoms with E-state index in [1.54, 1.807) is 27.3 Å². The van der Waals surface area contributed by atoms with Crippen molar-refractivity contribution in [2.45, 2.75) is 37.5 Å². The Morgan fingerprint density at radius 3 is 2.42 bits per heavy atom. The molecule has 4 atom stereocenters. The zero-order chi connectivity index (χ0) is 34.5. The van der Waals surface area contributed by atoms with Crippen LogP contribution < -0.4 is 15.8 Å². The number of methoxy groups -OCH3 is 1. The fourth-order valence-electron chi connectivity index (χ4n) is 7.69. The number of phenols is 1. The van der Waals surface area contributed by atoms with E-state index < -0.39 is 58.0 Å². The van der Waals surface area contributed by atoms with Crippen LogP contribution in [0.2, 0.25) is 0 Å². The van der Waals surface area contributed by atoms with E-state index in [0.29, 0.717) is 29.0 Å². The number of hydrogen-bond donors (Lipinski definition) is 6. The highest BCUT2D eigenvalue weighted by Gasteiger charge is 2.63. The molecule has 48 heavy (non-hydrogen) atoms. The van der Waals surface area contributed by atoms with Crippen molar-refractivity contribution >= 4 is 17.5 Å². The molecule has 0 unspecified atom stereocenters. The number of amides is 1. The molecule has 3 aromatic rings. The van der Waals surface area contributed by atoms with E-state index in [-0.39, 0.29) is 29.7 Å². The summed E-state index contributed by atoms with van der Waals surface area (Å²) >= 11 is 0. The lowest BCUT2D eigenvalue weighted by atomic mass is 9.58. The standard InChI is InChI=1S/C37H39N3O8/c1-40(2)31-25-17-21-16-24-22(23-15-20(9-12-27(23)48-3)18-39-14-13-19-7-5-4-6-8-19)10-11-26(41)29(24)32(42)28(21)34(44)37(25,47)35(45)30(33(31)43)36(38)46/h4-12,15,21,25,31,39,41,43-44,47H,13-14,16-18H2,1-3H3,(H2,38,46)/t21-,25-,31-,37-/m0/s1. The third kappa shape index (κ3) is 5.24. The van der Waals surface area contributed by atoms with Gasteiger partial charge in [-0.15, -0.1) is 0 Å². The summed E-state index contributed by atoms with van der Waals surface area (Å²) in [5.41, 5.74) is 5.74. The van der Waals surface area contributed by atoms with E-state index in [9.17, 15) is 34.8 Å². The molecule has 0 bridgehead atoms. The predicted octanol–water partition coefficient (Wildman–Crippen LogP) is 3.13. The quantitative estimate of drug-likeness (QED) is 0.148. The molecule has 0 fully saturated rings. The number of ketones is 2. The van der Waals surface area contributed by atoms with Crippen molar-refractivity contribution in [2.75, 3.05) is 27.7 Å². The van der Waals surface area contributed by atoms with Crippen LogP contribution in [-0.4, -0.2) is 82.2 Å². The van der Waals surface area contributed by atoms with Crippen molar-refractivity contribution in [1.29, 1.82) is 0 Å². The first kappa shape index (κ1) is 33.0. The second-order valence-corrected chi connectivity index (χ2v) is 12.9. The normalized spacial score (nSPS) is 23.6. The Balaban J connectivity index is 1.39. The third-order valence-electron chi connectivity index (χ3n) is 9.92. The second kappa shape index (κ2) is 12.6. The van der Waals surface area contributed by atoms with Crippen LogP contribution in [0.3, 0.4) is 0 Å². The van der Waals surface area contributed by atoms with Crippen LogP contribution in [0.4, 0.5) is 0 Å². The minimum atomic E-state index is -2.69. The highest BCUT2D eigenvalue weighted by molar-refractivity contribution is 6.25. The number of aliphatic hydroxyl groups is 3. The number of nitrogens with one attached hydrogen (secondary N) is 1. The van der Waals surface area contributed by atoms with Crippen LogP contribution in [0.5, 0.6) is 11.5 Å². The van der Waals surface area contributed by atoms with Gasteiger partial charge in [-0.3, -0.25) is 19.3 Å². The Hall–Kier alpha value is -4.97. The number of allylic oxidation sites excluding steroid dienone is 1. The van der Waals surface area contributed by atoms with Gasteiger partial charge in [-0.05, 0) is 86.3 Å². The molecule has 0 spiro atoms. The van der Waals surface area contributed by atoms with E-state index in [2.05, 4.69) is 17.4 Å². The number of likely N-dealkylation sites (N-methyl/N-ethyl adjacent to an activating group) is 1. The highest BCUT2D eigenvalue weighted by atomic mass is 16.5. The van der Waals surface area contributed by atoms with Crippen molar-refractivity contribution in [3.8, 4) is 22.6 Å². The first-order chi connectivity index (χ1) is 22.9. The minimum absolute atomic E-state index is 0.00334. The molecule has 0 saturated heterocycles. The minimum Gasteiger partial charge on any atom is -0.510 e. The number of primary amides is 1. The van der Waals surface area contributed by atoms with Crippen molar-refractivity contribution in [1.82, 2.24) is 10.2 Å². The Morgan fingerprint density at radius 2 is 1.75 bits per heavy atom. The van der Waals surface area contributed by atoms with Gasteiger partial charge in [-0.2, -0.15) is 0 Å². The van der Waals surface area contributed by atoms with Gasteiger partial charge in [0.05, 0.1) is 18.7 Å². The van der Waals surface area contributed by atoms with Crippen LogP contribution in [0.25, 0.3) is 11.1 Å². The molecule has 7 N–H and O–H groups in total. The van der Waals surface area contributed by atoms with Gasteiger partial charge >= 0.3 is 0 Å². The summed E-state index contributed by atoms with van der Waals surface area (Å²) in [4.78, 5) is 41.5. The average Bonchev–Trinajstić information content (AvgIpc) is 3.05. The summed E-state index contributed by atoms with van der Waals surface area (Å²) in [6.07, 6.45) is 1.04. The average molecular weight is 654 g/mol. The third-order valence-corrected chi connectivity index (χ3v) is 9.92. The van der Waals surface area contributed by atoms with Gasteiger partial charge < -0.3 is 36.2 Å². The number of ether oxygens (including phenoxy) is 1. The Morgan fingerprint density at radius 1 is 1.02 bits per heavy atom. The van der Waals surface area contributed by atoms with Crippen LogP contribution >= 0.6 is 0 Å². The topological polar surface area (TPSA) is 183 Å². The summed E-state index contributed by atoms with van der Waals surface area (Å²) in [6.45, 7) is 1.35. The molecule has 0 aromatic heterocycles. The summed E-state index contributed by atoms with van der Waals surface area (Å²) in [5, 5.41) is 48.9. The lowest BCUT2D eigenvalue weighted by Gasteiger charge is -2.50. The lowest BCUT2D eigenvalue weighted by molar-refractivity contribution is -0.148. The van der Waals surface area contributed by atoms with E-state index in [1.807, 2.05) is 36.4 Å². The number of benzene rings is 3. The fourth-order valence-corrected chi connectivity index (χ4v) is 7.69. The fraction of sp³-hybridized carbons (Fsp3) is 0.324. The summed E-state index contributed by atoms with van der Waals surface area (Å²) in [7, 11) is 4.75. The molecule has 3 aliphatic carbocycles. The van der Waals surface area contributed by atoms with Gasteiger partial charge in [0.15, 0.2) is 11.4 Å².